The molecule has 24 heavy (non-hydrogen) atoms. The van der Waals surface area contributed by atoms with Gasteiger partial charge in [0.2, 0.25) is 0 Å². The predicted octanol–water partition coefficient (Wildman–Crippen LogP) is 4.59. The van der Waals surface area contributed by atoms with E-state index >= 15 is 0 Å². The average molecular weight is 369 g/mol. The topological polar surface area (TPSA) is 59.6 Å². The highest BCUT2D eigenvalue weighted by Gasteiger charge is 2.05. The van der Waals surface area contributed by atoms with Crippen molar-refractivity contribution in [1.82, 2.24) is 5.32 Å². The number of halogens is 2. The second-order valence-electron chi connectivity index (χ2n) is 4.76. The SMILES string of the molecule is CCOc1ccc(OCCNC(=O)Nc2ccc(Cl)cc2Cl)cc1. The van der Waals surface area contributed by atoms with Crippen molar-refractivity contribution in [1.29, 1.82) is 0 Å². The molecule has 2 amide bonds. The van der Waals surface area contributed by atoms with Gasteiger partial charge in [-0.25, -0.2) is 4.79 Å². The molecule has 0 aromatic heterocycles. The van der Waals surface area contributed by atoms with E-state index in [-0.39, 0.29) is 6.03 Å². The van der Waals surface area contributed by atoms with Crippen LogP contribution in [-0.2, 0) is 0 Å². The van der Waals surface area contributed by atoms with Gasteiger partial charge in [-0.05, 0) is 49.4 Å². The molecule has 2 aromatic carbocycles. The monoisotopic (exact) mass is 368 g/mol. The molecule has 2 rings (SSSR count). The Labute approximate surface area is 150 Å². The first-order chi connectivity index (χ1) is 11.6. The number of hydrogen-bond acceptors (Lipinski definition) is 3. The molecule has 0 bridgehead atoms. The lowest BCUT2D eigenvalue weighted by atomic mass is 10.3. The minimum atomic E-state index is -0.366. The van der Waals surface area contributed by atoms with Crippen LogP contribution in [0.3, 0.4) is 0 Å². The molecule has 0 aliphatic carbocycles. The van der Waals surface area contributed by atoms with Crippen LogP contribution in [0.25, 0.3) is 0 Å². The third kappa shape index (κ3) is 5.83. The van der Waals surface area contributed by atoms with Crippen molar-refractivity contribution < 1.29 is 14.3 Å². The molecule has 0 saturated carbocycles. The number of urea groups is 1. The van der Waals surface area contributed by atoms with E-state index in [0.29, 0.717) is 41.2 Å². The molecule has 0 spiro atoms. The van der Waals surface area contributed by atoms with Crippen LogP contribution in [0.1, 0.15) is 6.92 Å². The van der Waals surface area contributed by atoms with E-state index in [2.05, 4.69) is 10.6 Å². The Morgan fingerprint density at radius 1 is 1.04 bits per heavy atom. The number of nitrogens with one attached hydrogen (secondary N) is 2. The van der Waals surface area contributed by atoms with E-state index in [4.69, 9.17) is 32.7 Å². The Kier molecular flexibility index (Phi) is 7.03. The highest BCUT2D eigenvalue weighted by Crippen LogP contribution is 2.25. The summed E-state index contributed by atoms with van der Waals surface area (Å²) in [7, 11) is 0. The average Bonchev–Trinajstić information content (AvgIpc) is 2.56. The summed E-state index contributed by atoms with van der Waals surface area (Å²) in [6.45, 7) is 3.25. The second-order valence-corrected chi connectivity index (χ2v) is 5.60. The van der Waals surface area contributed by atoms with Gasteiger partial charge in [0.25, 0.3) is 0 Å². The molecule has 0 radical (unpaired) electrons. The number of ether oxygens (including phenoxy) is 2. The van der Waals surface area contributed by atoms with Crippen molar-refractivity contribution in [3.05, 3.63) is 52.5 Å². The molecule has 128 valence electrons. The Morgan fingerprint density at radius 2 is 1.71 bits per heavy atom. The molecule has 0 aliphatic rings. The van der Waals surface area contributed by atoms with Crippen molar-refractivity contribution >= 4 is 34.9 Å². The summed E-state index contributed by atoms with van der Waals surface area (Å²) in [5, 5.41) is 6.22. The van der Waals surface area contributed by atoms with E-state index in [1.54, 1.807) is 18.2 Å². The summed E-state index contributed by atoms with van der Waals surface area (Å²) in [4.78, 5) is 11.8. The number of carbonyl (C=O) groups excluding carboxylic acids is 1. The maximum absolute atomic E-state index is 11.8. The van der Waals surface area contributed by atoms with Crippen molar-refractivity contribution in [2.45, 2.75) is 6.92 Å². The first-order valence-electron chi connectivity index (χ1n) is 7.44. The quantitative estimate of drug-likeness (QED) is 0.702. The van der Waals surface area contributed by atoms with Gasteiger partial charge in [0.1, 0.15) is 18.1 Å². The van der Waals surface area contributed by atoms with Crippen LogP contribution in [0.4, 0.5) is 10.5 Å². The largest absolute Gasteiger partial charge is 0.494 e. The number of anilines is 1. The molecular weight excluding hydrogens is 351 g/mol. The fourth-order valence-corrected chi connectivity index (χ4v) is 2.35. The molecule has 7 heteroatoms. The molecular formula is C17H18Cl2N2O3. The number of amides is 2. The fraction of sp³-hybridized carbons (Fsp3) is 0.235. The highest BCUT2D eigenvalue weighted by atomic mass is 35.5. The van der Waals surface area contributed by atoms with Crippen LogP contribution in [0.2, 0.25) is 10.0 Å². The van der Waals surface area contributed by atoms with Gasteiger partial charge in [0.05, 0.1) is 23.9 Å². The molecule has 0 atom stereocenters. The smallest absolute Gasteiger partial charge is 0.319 e. The van der Waals surface area contributed by atoms with E-state index < -0.39 is 0 Å². The molecule has 5 nitrogen and oxygen atoms in total. The number of rotatable bonds is 7. The first kappa shape index (κ1) is 18.2. The van der Waals surface area contributed by atoms with Crippen LogP contribution < -0.4 is 20.1 Å². The van der Waals surface area contributed by atoms with Crippen LogP contribution in [0, 0.1) is 0 Å². The van der Waals surface area contributed by atoms with Crippen molar-refractivity contribution in [2.24, 2.45) is 0 Å². The zero-order valence-corrected chi connectivity index (χ0v) is 14.7. The Balaban J connectivity index is 1.70. The normalized spacial score (nSPS) is 10.1. The lowest BCUT2D eigenvalue weighted by Crippen LogP contribution is -2.32. The fourth-order valence-electron chi connectivity index (χ4n) is 1.89. The molecule has 0 aliphatic heterocycles. The van der Waals surface area contributed by atoms with Gasteiger partial charge in [0.15, 0.2) is 0 Å². The Bertz CT molecular complexity index is 678. The minimum Gasteiger partial charge on any atom is -0.494 e. The van der Waals surface area contributed by atoms with E-state index in [1.807, 2.05) is 31.2 Å². The first-order valence-corrected chi connectivity index (χ1v) is 8.19. The lowest BCUT2D eigenvalue weighted by Gasteiger charge is -2.10. The van der Waals surface area contributed by atoms with Gasteiger partial charge in [-0.1, -0.05) is 23.2 Å². The van der Waals surface area contributed by atoms with Gasteiger partial charge in [0, 0.05) is 5.02 Å². The van der Waals surface area contributed by atoms with Crippen molar-refractivity contribution in [2.75, 3.05) is 25.1 Å². The molecule has 0 fully saturated rings. The predicted molar refractivity (Wildman–Crippen MR) is 96.6 cm³/mol. The summed E-state index contributed by atoms with van der Waals surface area (Å²) in [5.41, 5.74) is 0.492. The van der Waals surface area contributed by atoms with Gasteiger partial charge in [-0.3, -0.25) is 0 Å². The molecule has 0 unspecified atom stereocenters. The molecule has 0 heterocycles. The number of benzene rings is 2. The molecule has 0 saturated heterocycles. The third-order valence-corrected chi connectivity index (χ3v) is 3.52. The highest BCUT2D eigenvalue weighted by molar-refractivity contribution is 6.36. The van der Waals surface area contributed by atoms with Gasteiger partial charge in [-0.15, -0.1) is 0 Å². The van der Waals surface area contributed by atoms with Gasteiger partial charge >= 0.3 is 6.03 Å². The van der Waals surface area contributed by atoms with Crippen molar-refractivity contribution in [3.63, 3.8) is 0 Å². The standard InChI is InChI=1S/C17H18Cl2N2O3/c1-2-23-13-4-6-14(7-5-13)24-10-9-20-17(22)21-16-8-3-12(18)11-15(16)19/h3-8,11H,2,9-10H2,1H3,(H2,20,21,22). The Hall–Kier alpha value is -2.11. The van der Waals surface area contributed by atoms with Gasteiger partial charge < -0.3 is 20.1 Å². The maximum Gasteiger partial charge on any atom is 0.319 e. The summed E-state index contributed by atoms with van der Waals surface area (Å²) < 4.78 is 10.9. The molecule has 2 N–H and O–H groups in total. The number of hydrogen-bond donors (Lipinski definition) is 2. The van der Waals surface area contributed by atoms with Crippen LogP contribution >= 0.6 is 23.2 Å². The second kappa shape index (κ2) is 9.25. The summed E-state index contributed by atoms with van der Waals surface area (Å²) in [6.07, 6.45) is 0. The summed E-state index contributed by atoms with van der Waals surface area (Å²) >= 11 is 11.8. The molecule has 2 aromatic rings. The van der Waals surface area contributed by atoms with Crippen LogP contribution in [-0.4, -0.2) is 25.8 Å². The lowest BCUT2D eigenvalue weighted by molar-refractivity contribution is 0.247. The van der Waals surface area contributed by atoms with E-state index in [0.717, 1.165) is 5.75 Å². The number of carbonyl (C=O) groups is 1. The summed E-state index contributed by atoms with van der Waals surface area (Å²) in [6, 6.07) is 11.8. The Morgan fingerprint density at radius 3 is 2.33 bits per heavy atom. The van der Waals surface area contributed by atoms with E-state index in [1.165, 1.54) is 0 Å². The van der Waals surface area contributed by atoms with Crippen LogP contribution in [0.15, 0.2) is 42.5 Å². The zero-order chi connectivity index (χ0) is 17.4. The minimum absolute atomic E-state index is 0.343. The van der Waals surface area contributed by atoms with Gasteiger partial charge in [-0.2, -0.15) is 0 Å². The van der Waals surface area contributed by atoms with Crippen LogP contribution in [0.5, 0.6) is 11.5 Å². The zero-order valence-electron chi connectivity index (χ0n) is 13.1. The van der Waals surface area contributed by atoms with Crippen molar-refractivity contribution in [3.8, 4) is 11.5 Å². The third-order valence-electron chi connectivity index (χ3n) is 2.97. The maximum atomic E-state index is 11.8. The summed E-state index contributed by atoms with van der Waals surface area (Å²) in [5.74, 6) is 1.50. The van der Waals surface area contributed by atoms with E-state index in [9.17, 15) is 4.79 Å².